The van der Waals surface area contributed by atoms with E-state index in [0.29, 0.717) is 0 Å². The van der Waals surface area contributed by atoms with Crippen molar-refractivity contribution >= 4 is 63.3 Å². The molecule has 0 unspecified atom stereocenters. The van der Waals surface area contributed by atoms with E-state index in [9.17, 15) is 9.59 Å². The van der Waals surface area contributed by atoms with E-state index in [-0.39, 0.29) is 68.0 Å². The van der Waals surface area contributed by atoms with Crippen LogP contribution in [-0.2, 0) is 0 Å². The molecule has 1 aromatic carbocycles. The van der Waals surface area contributed by atoms with Crippen LogP contribution in [0.25, 0.3) is 0 Å². The van der Waals surface area contributed by atoms with Crippen molar-refractivity contribution in [2.45, 2.75) is 0 Å². The Balaban J connectivity index is 0. The predicted octanol–water partition coefficient (Wildman–Crippen LogP) is 0.284. The van der Waals surface area contributed by atoms with Crippen molar-refractivity contribution in [3.63, 3.8) is 0 Å². The number of benzene rings is 1. The number of oxazole rings is 1. The third kappa shape index (κ3) is 7.88. The van der Waals surface area contributed by atoms with E-state index < -0.39 is 11.9 Å². The molecule has 0 aliphatic rings. The maximum absolute atomic E-state index is 10.4. The summed E-state index contributed by atoms with van der Waals surface area (Å²) in [6.45, 7) is 0. The molecule has 0 saturated carbocycles. The smallest absolute Gasteiger partial charge is 0.180 e. The van der Waals surface area contributed by atoms with Gasteiger partial charge < -0.3 is 20.1 Å². The first-order chi connectivity index (χ1) is 8.11. The van der Waals surface area contributed by atoms with Crippen LogP contribution in [0.2, 0.25) is 0 Å². The van der Waals surface area contributed by atoms with Crippen LogP contribution in [0.1, 0.15) is 20.7 Å². The summed E-state index contributed by atoms with van der Waals surface area (Å²) < 4.78 is 4.47. The Morgan fingerprint density at radius 2 is 1.63 bits per heavy atom. The van der Waals surface area contributed by atoms with Gasteiger partial charge in [-0.05, 0) is 18.2 Å². The Morgan fingerprint density at radius 1 is 1.11 bits per heavy atom. The minimum absolute atomic E-state index is 0. The van der Waals surface area contributed by atoms with Gasteiger partial charge in [0.25, 0.3) is 0 Å². The molecule has 0 radical (unpaired) electrons. The van der Waals surface area contributed by atoms with E-state index in [0.717, 1.165) is 6.07 Å². The molecule has 98 valence electrons. The van der Waals surface area contributed by atoms with Gasteiger partial charge in [-0.25, -0.2) is 14.6 Å². The topological polar surface area (TPSA) is 132 Å². The summed E-state index contributed by atoms with van der Waals surface area (Å²) in [5.74, 6) is -2.25. The van der Waals surface area contributed by atoms with Crippen LogP contribution < -0.4 is 0 Å². The molecular formula is C11H12KNO6. The number of hydrogen-bond acceptors (Lipinski definition) is 4. The monoisotopic (exact) mass is 293 g/mol. The zero-order valence-electron chi connectivity index (χ0n) is 9.11. The molecule has 0 aliphatic heterocycles. The van der Waals surface area contributed by atoms with Gasteiger partial charge in [-0.3, -0.25) is 0 Å². The van der Waals surface area contributed by atoms with Gasteiger partial charge in [0.05, 0.1) is 17.3 Å². The molecule has 19 heavy (non-hydrogen) atoms. The van der Waals surface area contributed by atoms with E-state index in [1.54, 1.807) is 6.20 Å². The third-order valence-corrected chi connectivity index (χ3v) is 1.70. The summed E-state index contributed by atoms with van der Waals surface area (Å²) >= 11 is 0. The summed E-state index contributed by atoms with van der Waals surface area (Å²) in [6.07, 6.45) is 4.47. The van der Waals surface area contributed by atoms with Crippen molar-refractivity contribution in [3.05, 3.63) is 54.2 Å². The van der Waals surface area contributed by atoms with Gasteiger partial charge in [0.1, 0.15) is 6.26 Å². The first-order valence-corrected chi connectivity index (χ1v) is 4.50. The summed E-state index contributed by atoms with van der Waals surface area (Å²) in [6, 6.07) is 5.20. The summed E-state index contributed by atoms with van der Waals surface area (Å²) in [7, 11) is 0. The molecule has 0 atom stereocenters. The SMILES string of the molecule is O.O=C(O)c1cccc(C(=O)O)c1.[KH].c1cocn1. The number of rotatable bonds is 2. The zero-order chi connectivity index (χ0) is 12.7. The molecular weight excluding hydrogens is 281 g/mol. The second-order valence-electron chi connectivity index (χ2n) is 2.87. The normalized spacial score (nSPS) is 8.00. The third-order valence-electron chi connectivity index (χ3n) is 1.70. The van der Waals surface area contributed by atoms with Crippen molar-refractivity contribution in [1.82, 2.24) is 4.98 Å². The van der Waals surface area contributed by atoms with Crippen LogP contribution in [0.4, 0.5) is 0 Å². The molecule has 8 heteroatoms. The second kappa shape index (κ2) is 10.8. The average molecular weight is 293 g/mol. The molecule has 0 bridgehead atoms. The first-order valence-electron chi connectivity index (χ1n) is 4.50. The summed E-state index contributed by atoms with van der Waals surface area (Å²) in [5, 5.41) is 17.0. The molecule has 7 nitrogen and oxygen atoms in total. The molecule has 0 saturated heterocycles. The Labute approximate surface area is 151 Å². The Morgan fingerprint density at radius 3 is 1.89 bits per heavy atom. The van der Waals surface area contributed by atoms with E-state index in [1.165, 1.54) is 30.9 Å². The minimum atomic E-state index is -1.13. The Kier molecular flexibility index (Phi) is 11.6. The van der Waals surface area contributed by atoms with E-state index in [2.05, 4.69) is 9.40 Å². The number of carboxylic acids is 2. The summed E-state index contributed by atoms with van der Waals surface area (Å²) in [5.41, 5.74) is -0.0372. The quantitative estimate of drug-likeness (QED) is 0.764. The van der Waals surface area contributed by atoms with Gasteiger partial charge in [-0.1, -0.05) is 6.07 Å². The summed E-state index contributed by atoms with van der Waals surface area (Å²) in [4.78, 5) is 24.3. The zero-order valence-corrected chi connectivity index (χ0v) is 9.11. The number of nitrogens with zero attached hydrogens (tertiary/aromatic N) is 1. The van der Waals surface area contributed by atoms with Gasteiger partial charge in [-0.2, -0.15) is 0 Å². The molecule has 1 heterocycles. The molecule has 0 fully saturated rings. The number of hydrogen-bond donors (Lipinski definition) is 2. The fraction of sp³-hybridized carbons (Fsp3) is 0. The van der Waals surface area contributed by atoms with Gasteiger partial charge in [-0.15, -0.1) is 0 Å². The van der Waals surface area contributed by atoms with Crippen molar-refractivity contribution < 1.29 is 29.7 Å². The second-order valence-corrected chi connectivity index (χ2v) is 2.87. The van der Waals surface area contributed by atoms with Crippen LogP contribution in [0.5, 0.6) is 0 Å². The maximum Gasteiger partial charge on any atom is 0.180 e. The van der Waals surface area contributed by atoms with Crippen molar-refractivity contribution in [2.24, 2.45) is 0 Å². The Hall–Kier alpha value is -1.03. The van der Waals surface area contributed by atoms with Gasteiger partial charge in [0.15, 0.2) is 6.39 Å². The standard InChI is InChI=1S/C8H6O4.C3H3NO.K.H2O.H/c9-7(10)5-2-1-3-6(4-5)8(11)12;1-2-5-3-4-1;;;/h1-4H,(H,9,10)(H,11,12);1-3H;;1H2;. The Bertz CT molecular complexity index is 453. The molecule has 0 amide bonds. The minimum Gasteiger partial charge on any atom is -0.452 e. The van der Waals surface area contributed by atoms with Crippen molar-refractivity contribution in [2.75, 3.05) is 0 Å². The number of carbonyl (C=O) groups is 2. The van der Waals surface area contributed by atoms with Crippen LogP contribution >= 0.6 is 0 Å². The van der Waals surface area contributed by atoms with E-state index in [1.807, 2.05) is 0 Å². The van der Waals surface area contributed by atoms with E-state index >= 15 is 0 Å². The molecule has 0 aliphatic carbocycles. The first kappa shape index (κ1) is 20.3. The van der Waals surface area contributed by atoms with Gasteiger partial charge >= 0.3 is 63.3 Å². The van der Waals surface area contributed by atoms with Gasteiger partial charge in [0.2, 0.25) is 0 Å². The molecule has 4 N–H and O–H groups in total. The largest absolute Gasteiger partial charge is 0.452 e. The molecule has 2 aromatic rings. The molecule has 0 spiro atoms. The van der Waals surface area contributed by atoms with Crippen LogP contribution in [0, 0.1) is 0 Å². The van der Waals surface area contributed by atoms with Crippen LogP contribution in [0.3, 0.4) is 0 Å². The fourth-order valence-corrected chi connectivity index (χ4v) is 0.961. The molecule has 1 aromatic heterocycles. The maximum atomic E-state index is 10.4. The van der Waals surface area contributed by atoms with Gasteiger partial charge in [0, 0.05) is 0 Å². The van der Waals surface area contributed by atoms with Crippen molar-refractivity contribution in [1.29, 1.82) is 0 Å². The number of carboxylic acid groups (broad SMARTS) is 2. The average Bonchev–Trinajstić information content (AvgIpc) is 2.87. The van der Waals surface area contributed by atoms with Crippen LogP contribution in [0.15, 0.2) is 47.5 Å². The van der Waals surface area contributed by atoms with Crippen molar-refractivity contribution in [3.8, 4) is 0 Å². The number of aromatic carboxylic acids is 2. The number of aromatic nitrogens is 1. The predicted molar refractivity (Wildman–Crippen MR) is 67.6 cm³/mol. The fourth-order valence-electron chi connectivity index (χ4n) is 0.961. The van der Waals surface area contributed by atoms with Crippen LogP contribution in [-0.4, -0.2) is 84.0 Å². The molecule has 2 rings (SSSR count). The van der Waals surface area contributed by atoms with E-state index in [4.69, 9.17) is 10.2 Å².